The van der Waals surface area contributed by atoms with Gasteiger partial charge in [-0.05, 0) is 24.3 Å². The SMILES string of the molecule is CC(=O)NS(=O)(=O)c1ccc(NC(=O)[C@H]2[C@@H](C(=O)O)[C@@H]3C=C[C@@H]2O3)cc1. The van der Waals surface area contributed by atoms with Gasteiger partial charge >= 0.3 is 5.97 Å². The second-order valence-corrected chi connectivity index (χ2v) is 7.70. The number of carboxylic acid groups (broad SMARTS) is 1. The van der Waals surface area contributed by atoms with E-state index in [1.807, 2.05) is 4.72 Å². The molecule has 4 atom stereocenters. The summed E-state index contributed by atoms with van der Waals surface area (Å²) in [6, 6.07) is 5.16. The van der Waals surface area contributed by atoms with Gasteiger partial charge in [0.25, 0.3) is 10.0 Å². The zero-order valence-electron chi connectivity index (χ0n) is 13.6. The summed E-state index contributed by atoms with van der Waals surface area (Å²) in [5.41, 5.74) is 0.299. The molecular weight excluding hydrogens is 364 g/mol. The standard InChI is InChI=1S/C16H16N2O7S/c1-8(19)18-26(23,24)10-4-2-9(3-5-10)17-15(20)13-11-6-7-12(25-11)14(13)16(21)22/h2-7,11-14H,1H3,(H,17,20)(H,18,19)(H,21,22)/t11-,12-,13+,14-/m0/s1. The second-order valence-electron chi connectivity index (χ2n) is 6.02. The van der Waals surface area contributed by atoms with Gasteiger partial charge in [0.15, 0.2) is 0 Å². The maximum absolute atomic E-state index is 12.5. The van der Waals surface area contributed by atoms with Gasteiger partial charge in [-0.2, -0.15) is 0 Å². The number of sulfonamides is 1. The van der Waals surface area contributed by atoms with Crippen LogP contribution in [0.15, 0.2) is 41.3 Å². The Morgan fingerprint density at radius 3 is 2.15 bits per heavy atom. The number of nitrogens with one attached hydrogen (secondary N) is 2. The predicted octanol–water partition coefficient (Wildman–Crippen LogP) is 0.104. The van der Waals surface area contributed by atoms with Crippen molar-refractivity contribution in [1.29, 1.82) is 0 Å². The molecule has 3 rings (SSSR count). The highest BCUT2D eigenvalue weighted by Crippen LogP contribution is 2.39. The van der Waals surface area contributed by atoms with Gasteiger partial charge in [0, 0.05) is 12.6 Å². The summed E-state index contributed by atoms with van der Waals surface area (Å²) < 4.78 is 31.0. The van der Waals surface area contributed by atoms with Crippen molar-refractivity contribution < 1.29 is 32.6 Å². The lowest BCUT2D eigenvalue weighted by Crippen LogP contribution is -2.39. The van der Waals surface area contributed by atoms with Crippen molar-refractivity contribution in [3.63, 3.8) is 0 Å². The Morgan fingerprint density at radius 2 is 1.62 bits per heavy atom. The number of benzene rings is 1. The van der Waals surface area contributed by atoms with Crippen LogP contribution in [-0.4, -0.2) is 43.5 Å². The van der Waals surface area contributed by atoms with Gasteiger partial charge in [-0.15, -0.1) is 0 Å². The minimum absolute atomic E-state index is 0.139. The summed E-state index contributed by atoms with van der Waals surface area (Å²) in [4.78, 5) is 34.7. The third-order valence-corrected chi connectivity index (χ3v) is 5.65. The van der Waals surface area contributed by atoms with Crippen LogP contribution in [0.5, 0.6) is 0 Å². The molecule has 0 aliphatic carbocycles. The molecule has 0 spiro atoms. The molecule has 26 heavy (non-hydrogen) atoms. The van der Waals surface area contributed by atoms with E-state index in [0.29, 0.717) is 5.69 Å². The largest absolute Gasteiger partial charge is 0.481 e. The van der Waals surface area contributed by atoms with Crippen LogP contribution in [-0.2, 0) is 29.1 Å². The Labute approximate surface area is 149 Å². The van der Waals surface area contributed by atoms with Crippen molar-refractivity contribution >= 4 is 33.5 Å². The lowest BCUT2D eigenvalue weighted by Gasteiger charge is -2.21. The molecule has 1 aromatic carbocycles. The molecule has 1 fully saturated rings. The van der Waals surface area contributed by atoms with Crippen molar-refractivity contribution in [2.45, 2.75) is 24.0 Å². The van der Waals surface area contributed by atoms with Crippen molar-refractivity contribution in [3.8, 4) is 0 Å². The fraction of sp³-hybridized carbons (Fsp3) is 0.312. The van der Waals surface area contributed by atoms with E-state index < -0.39 is 51.9 Å². The highest BCUT2D eigenvalue weighted by molar-refractivity contribution is 7.90. The van der Waals surface area contributed by atoms with Crippen LogP contribution < -0.4 is 10.0 Å². The average molecular weight is 380 g/mol. The maximum Gasteiger partial charge on any atom is 0.310 e. The highest BCUT2D eigenvalue weighted by Gasteiger charge is 2.53. The molecule has 138 valence electrons. The summed E-state index contributed by atoms with van der Waals surface area (Å²) in [6.07, 6.45) is 2.07. The third kappa shape index (κ3) is 3.33. The van der Waals surface area contributed by atoms with Crippen molar-refractivity contribution in [2.24, 2.45) is 11.8 Å². The van der Waals surface area contributed by atoms with Crippen LogP contribution >= 0.6 is 0 Å². The Hall–Kier alpha value is -2.72. The first-order valence-electron chi connectivity index (χ1n) is 7.70. The Balaban J connectivity index is 1.73. The number of hydrogen-bond donors (Lipinski definition) is 3. The van der Waals surface area contributed by atoms with Crippen LogP contribution in [0.3, 0.4) is 0 Å². The molecular formula is C16H16N2O7S. The van der Waals surface area contributed by atoms with Gasteiger partial charge in [0.2, 0.25) is 11.8 Å². The number of fused-ring (bicyclic) bond motifs is 2. The van der Waals surface area contributed by atoms with Crippen LogP contribution in [0.2, 0.25) is 0 Å². The van der Waals surface area contributed by atoms with Crippen molar-refractivity contribution in [2.75, 3.05) is 5.32 Å². The lowest BCUT2D eigenvalue weighted by molar-refractivity contribution is -0.145. The van der Waals surface area contributed by atoms with Gasteiger partial charge in [-0.25, -0.2) is 13.1 Å². The molecule has 3 N–H and O–H groups in total. The normalized spacial score (nSPS) is 26.5. The first kappa shape index (κ1) is 18.1. The molecule has 0 aromatic heterocycles. The molecule has 2 bridgehead atoms. The van der Waals surface area contributed by atoms with Crippen LogP contribution in [0.1, 0.15) is 6.92 Å². The van der Waals surface area contributed by atoms with Gasteiger partial charge in [0.1, 0.15) is 5.92 Å². The zero-order chi connectivity index (χ0) is 19.1. The summed E-state index contributed by atoms with van der Waals surface area (Å²) in [7, 11) is -3.97. The van der Waals surface area contributed by atoms with Gasteiger partial charge in [0.05, 0.1) is 23.0 Å². The van der Waals surface area contributed by atoms with E-state index in [9.17, 15) is 27.9 Å². The Kier molecular flexibility index (Phi) is 4.55. The fourth-order valence-electron chi connectivity index (χ4n) is 3.11. The quantitative estimate of drug-likeness (QED) is 0.616. The fourth-order valence-corrected chi connectivity index (χ4v) is 4.10. The smallest absolute Gasteiger partial charge is 0.310 e. The first-order valence-corrected chi connectivity index (χ1v) is 9.18. The number of hydrogen-bond acceptors (Lipinski definition) is 6. The monoisotopic (exact) mass is 380 g/mol. The van der Waals surface area contributed by atoms with Gasteiger partial charge in [-0.1, -0.05) is 12.2 Å². The van der Waals surface area contributed by atoms with E-state index >= 15 is 0 Å². The van der Waals surface area contributed by atoms with E-state index in [1.54, 1.807) is 12.2 Å². The van der Waals surface area contributed by atoms with Gasteiger partial charge < -0.3 is 15.2 Å². The zero-order valence-corrected chi connectivity index (χ0v) is 14.4. The van der Waals surface area contributed by atoms with E-state index in [2.05, 4.69) is 5.32 Å². The number of aliphatic carboxylic acids is 1. The first-order chi connectivity index (χ1) is 12.2. The number of rotatable bonds is 5. The van der Waals surface area contributed by atoms with Crippen LogP contribution in [0.25, 0.3) is 0 Å². The number of carbonyl (C=O) groups is 3. The molecule has 2 aliphatic heterocycles. The number of carboxylic acids is 1. The minimum Gasteiger partial charge on any atom is -0.481 e. The molecule has 9 nitrogen and oxygen atoms in total. The highest BCUT2D eigenvalue weighted by atomic mass is 32.2. The van der Waals surface area contributed by atoms with E-state index in [-0.39, 0.29) is 4.90 Å². The topological polar surface area (TPSA) is 139 Å². The molecule has 2 aliphatic rings. The molecule has 0 saturated carbocycles. The number of anilines is 1. The van der Waals surface area contributed by atoms with Crippen molar-refractivity contribution in [1.82, 2.24) is 4.72 Å². The van der Waals surface area contributed by atoms with E-state index in [0.717, 1.165) is 6.92 Å². The average Bonchev–Trinajstić information content (AvgIpc) is 3.15. The number of amides is 2. The molecule has 2 heterocycles. The summed E-state index contributed by atoms with van der Waals surface area (Å²) in [5.74, 6) is -4.19. The predicted molar refractivity (Wildman–Crippen MR) is 88.5 cm³/mol. The third-order valence-electron chi connectivity index (χ3n) is 4.20. The molecule has 0 radical (unpaired) electrons. The van der Waals surface area contributed by atoms with Crippen molar-refractivity contribution in [3.05, 3.63) is 36.4 Å². The molecule has 10 heteroatoms. The van der Waals surface area contributed by atoms with Crippen LogP contribution in [0, 0.1) is 11.8 Å². The summed E-state index contributed by atoms with van der Waals surface area (Å²) in [6.45, 7) is 1.08. The van der Waals surface area contributed by atoms with E-state index in [1.165, 1.54) is 24.3 Å². The Bertz CT molecular complexity index is 892. The van der Waals surface area contributed by atoms with Crippen LogP contribution in [0.4, 0.5) is 5.69 Å². The molecule has 2 amide bonds. The van der Waals surface area contributed by atoms with E-state index in [4.69, 9.17) is 4.74 Å². The number of ether oxygens (including phenoxy) is 1. The van der Waals surface area contributed by atoms with Gasteiger partial charge in [-0.3, -0.25) is 14.4 Å². The Morgan fingerprint density at radius 1 is 1.04 bits per heavy atom. The second kappa shape index (κ2) is 6.54. The minimum atomic E-state index is -3.97. The molecule has 1 saturated heterocycles. The summed E-state index contributed by atoms with van der Waals surface area (Å²) >= 11 is 0. The number of carbonyl (C=O) groups excluding carboxylic acids is 2. The maximum atomic E-state index is 12.5. The molecule has 1 aromatic rings. The summed E-state index contributed by atoms with van der Waals surface area (Å²) in [5, 5.41) is 11.9. The lowest BCUT2D eigenvalue weighted by atomic mass is 9.82. The molecule has 0 unspecified atom stereocenters.